The van der Waals surface area contributed by atoms with E-state index in [1.807, 2.05) is 6.92 Å². The maximum Gasteiger partial charge on any atom is 0.252 e. The van der Waals surface area contributed by atoms with Crippen LogP contribution in [0.15, 0.2) is 4.52 Å². The van der Waals surface area contributed by atoms with Crippen LogP contribution in [0.4, 0.5) is 0 Å². The second-order valence-electron chi connectivity index (χ2n) is 5.12. The lowest BCUT2D eigenvalue weighted by Crippen LogP contribution is -2.58. The Labute approximate surface area is 113 Å². The van der Waals surface area contributed by atoms with E-state index in [0.29, 0.717) is 24.9 Å². The number of hydrogen-bond donors (Lipinski definition) is 1. The summed E-state index contributed by atoms with van der Waals surface area (Å²) in [4.78, 5) is 4.36. The van der Waals surface area contributed by atoms with E-state index in [9.17, 15) is 0 Å². The van der Waals surface area contributed by atoms with Crippen LogP contribution in [0.2, 0.25) is 0 Å². The summed E-state index contributed by atoms with van der Waals surface area (Å²) in [6.07, 6.45) is 1.85. The Hall–Kier alpha value is -0.980. The predicted octanol–water partition coefficient (Wildman–Crippen LogP) is 1.83. The van der Waals surface area contributed by atoms with Crippen LogP contribution in [0.1, 0.15) is 51.4 Å². The number of nitrogens with one attached hydrogen (secondary N) is 1. The lowest BCUT2D eigenvalue weighted by Gasteiger charge is -2.38. The highest BCUT2D eigenvalue weighted by molar-refractivity contribution is 4.93. The van der Waals surface area contributed by atoms with E-state index in [4.69, 9.17) is 14.0 Å². The topological polar surface area (TPSA) is 69.4 Å². The van der Waals surface area contributed by atoms with Gasteiger partial charge in [-0.05, 0) is 20.3 Å². The zero-order chi connectivity index (χ0) is 13.7. The van der Waals surface area contributed by atoms with Crippen LogP contribution in [0.3, 0.4) is 0 Å². The predicted molar refractivity (Wildman–Crippen MR) is 69.6 cm³/mol. The highest BCUT2D eigenvalue weighted by atomic mass is 16.5. The third kappa shape index (κ3) is 3.75. The Kier molecular flexibility index (Phi) is 4.90. The Morgan fingerprint density at radius 1 is 1.42 bits per heavy atom. The molecule has 1 saturated heterocycles. The van der Waals surface area contributed by atoms with Crippen molar-refractivity contribution in [3.05, 3.63) is 11.7 Å². The van der Waals surface area contributed by atoms with Crippen molar-refractivity contribution in [3.63, 3.8) is 0 Å². The van der Waals surface area contributed by atoms with E-state index in [1.54, 1.807) is 0 Å². The van der Waals surface area contributed by atoms with Gasteiger partial charge in [-0.25, -0.2) is 0 Å². The first kappa shape index (κ1) is 14.4. The Bertz CT molecular complexity index is 384. The molecular formula is C13H23N3O3. The van der Waals surface area contributed by atoms with Gasteiger partial charge in [-0.1, -0.05) is 18.5 Å². The van der Waals surface area contributed by atoms with Crippen molar-refractivity contribution in [2.45, 2.75) is 51.9 Å². The van der Waals surface area contributed by atoms with Gasteiger partial charge in [0.25, 0.3) is 5.89 Å². The zero-order valence-corrected chi connectivity index (χ0v) is 11.9. The first-order valence-corrected chi connectivity index (χ1v) is 6.95. The fourth-order valence-corrected chi connectivity index (χ4v) is 2.02. The van der Waals surface area contributed by atoms with E-state index in [2.05, 4.69) is 29.3 Å². The van der Waals surface area contributed by atoms with Crippen LogP contribution < -0.4 is 5.32 Å². The summed E-state index contributed by atoms with van der Waals surface area (Å²) in [5.74, 6) is 1.14. The van der Waals surface area contributed by atoms with Crippen LogP contribution in [0.25, 0.3) is 0 Å². The van der Waals surface area contributed by atoms with Gasteiger partial charge < -0.3 is 19.3 Å². The first-order valence-electron chi connectivity index (χ1n) is 6.95. The minimum Gasteiger partial charge on any atom is -0.370 e. The minimum atomic E-state index is -0.0998. The van der Waals surface area contributed by atoms with Gasteiger partial charge in [-0.3, -0.25) is 0 Å². The molecule has 0 aliphatic carbocycles. The van der Waals surface area contributed by atoms with Crippen molar-refractivity contribution in [3.8, 4) is 0 Å². The maximum atomic E-state index is 5.76. The number of nitrogens with zero attached hydrogens (tertiary/aromatic N) is 2. The van der Waals surface area contributed by atoms with Crippen molar-refractivity contribution in [1.29, 1.82) is 0 Å². The van der Waals surface area contributed by atoms with Gasteiger partial charge in [0.15, 0.2) is 0 Å². The molecule has 2 rings (SSSR count). The molecule has 19 heavy (non-hydrogen) atoms. The average molecular weight is 269 g/mol. The summed E-state index contributed by atoms with van der Waals surface area (Å²) < 4.78 is 16.6. The summed E-state index contributed by atoms with van der Waals surface area (Å²) in [6, 6.07) is 0. The normalized spacial score (nSPS) is 19.1. The molecule has 1 aliphatic rings. The molecule has 0 bridgehead atoms. The van der Waals surface area contributed by atoms with Crippen LogP contribution in [0.5, 0.6) is 0 Å². The van der Waals surface area contributed by atoms with E-state index >= 15 is 0 Å². The van der Waals surface area contributed by atoms with Crippen LogP contribution in [-0.2, 0) is 16.1 Å². The van der Waals surface area contributed by atoms with Crippen LogP contribution >= 0.6 is 0 Å². The molecule has 1 atom stereocenters. The van der Waals surface area contributed by atoms with E-state index in [-0.39, 0.29) is 11.7 Å². The smallest absolute Gasteiger partial charge is 0.252 e. The largest absolute Gasteiger partial charge is 0.370 e. The number of hydrogen-bond acceptors (Lipinski definition) is 6. The molecule has 6 nitrogen and oxygen atoms in total. The number of rotatable bonds is 8. The molecule has 1 N–H and O–H groups in total. The average Bonchev–Trinajstić information content (AvgIpc) is 2.82. The van der Waals surface area contributed by atoms with Crippen LogP contribution in [0, 0.1) is 0 Å². The summed E-state index contributed by atoms with van der Waals surface area (Å²) in [7, 11) is 0. The van der Waals surface area contributed by atoms with Gasteiger partial charge in [0.05, 0.1) is 5.60 Å². The number of ether oxygens (including phenoxy) is 2. The zero-order valence-electron chi connectivity index (χ0n) is 11.9. The first-order chi connectivity index (χ1) is 9.17. The molecule has 0 aromatic carbocycles. The molecule has 108 valence electrons. The monoisotopic (exact) mass is 269 g/mol. The lowest BCUT2D eigenvalue weighted by molar-refractivity contribution is -0.0841. The molecule has 0 saturated carbocycles. The van der Waals surface area contributed by atoms with Gasteiger partial charge in [-0.15, -0.1) is 0 Å². The molecule has 2 heterocycles. The third-order valence-corrected chi connectivity index (χ3v) is 3.23. The molecule has 1 unspecified atom stereocenters. The second kappa shape index (κ2) is 6.45. The summed E-state index contributed by atoms with van der Waals surface area (Å²) in [5, 5.41) is 7.17. The molecule has 0 radical (unpaired) electrons. The molecule has 6 heteroatoms. The SMILES string of the molecule is CCCC(OCC)c1noc(COC2(C)CNC2)n1. The Morgan fingerprint density at radius 3 is 2.79 bits per heavy atom. The van der Waals surface area contributed by atoms with Crippen LogP contribution in [-0.4, -0.2) is 35.4 Å². The molecule has 1 fully saturated rings. The maximum absolute atomic E-state index is 5.76. The third-order valence-electron chi connectivity index (χ3n) is 3.23. The quantitative estimate of drug-likeness (QED) is 0.776. The lowest BCUT2D eigenvalue weighted by atomic mass is 10.0. The minimum absolute atomic E-state index is 0.0755. The molecule has 0 amide bonds. The molecule has 1 aromatic rings. The standard InChI is InChI=1S/C13H23N3O3/c1-4-6-10(17-5-2)12-15-11(19-16-12)7-18-13(3)8-14-9-13/h10,14H,4-9H2,1-3H3. The molecule has 1 aromatic heterocycles. The fourth-order valence-electron chi connectivity index (χ4n) is 2.02. The van der Waals surface area contributed by atoms with Gasteiger partial charge in [-0.2, -0.15) is 4.98 Å². The van der Waals surface area contributed by atoms with Gasteiger partial charge in [0.2, 0.25) is 5.82 Å². The molecule has 1 aliphatic heterocycles. The van der Waals surface area contributed by atoms with Crippen molar-refractivity contribution < 1.29 is 14.0 Å². The van der Waals surface area contributed by atoms with E-state index < -0.39 is 0 Å². The summed E-state index contributed by atoms with van der Waals surface area (Å²) >= 11 is 0. The van der Waals surface area contributed by atoms with E-state index in [1.165, 1.54) is 0 Å². The van der Waals surface area contributed by atoms with E-state index in [0.717, 1.165) is 25.9 Å². The Morgan fingerprint density at radius 2 is 2.21 bits per heavy atom. The van der Waals surface area contributed by atoms with Crippen molar-refractivity contribution >= 4 is 0 Å². The van der Waals surface area contributed by atoms with Crippen molar-refractivity contribution in [2.75, 3.05) is 19.7 Å². The van der Waals surface area contributed by atoms with Crippen molar-refractivity contribution in [2.24, 2.45) is 0 Å². The summed E-state index contributed by atoms with van der Waals surface area (Å²) in [5.41, 5.74) is -0.0998. The Balaban J connectivity index is 1.89. The van der Waals surface area contributed by atoms with Gasteiger partial charge >= 0.3 is 0 Å². The van der Waals surface area contributed by atoms with Crippen molar-refractivity contribution in [1.82, 2.24) is 15.5 Å². The molecular weight excluding hydrogens is 246 g/mol. The van der Waals surface area contributed by atoms with Gasteiger partial charge in [0.1, 0.15) is 12.7 Å². The summed E-state index contributed by atoms with van der Waals surface area (Å²) in [6.45, 7) is 8.89. The second-order valence-corrected chi connectivity index (χ2v) is 5.12. The highest BCUT2D eigenvalue weighted by Crippen LogP contribution is 2.21. The number of aromatic nitrogens is 2. The fraction of sp³-hybridized carbons (Fsp3) is 0.846. The highest BCUT2D eigenvalue weighted by Gasteiger charge is 2.33. The molecule has 0 spiro atoms. The van der Waals surface area contributed by atoms with Gasteiger partial charge in [0, 0.05) is 19.7 Å².